The van der Waals surface area contributed by atoms with Gasteiger partial charge in [0.25, 0.3) is 0 Å². The van der Waals surface area contributed by atoms with Gasteiger partial charge in [0.1, 0.15) is 18.0 Å². The van der Waals surface area contributed by atoms with Gasteiger partial charge in [0.05, 0.1) is 27.4 Å². The second-order valence-corrected chi connectivity index (χ2v) is 9.21. The molecule has 0 unspecified atom stereocenters. The summed E-state index contributed by atoms with van der Waals surface area (Å²) < 4.78 is 15.8. The third-order valence-corrected chi connectivity index (χ3v) is 6.66. The van der Waals surface area contributed by atoms with Crippen LogP contribution in [0.15, 0.2) is 60.0 Å². The minimum absolute atomic E-state index is 0.0897. The van der Waals surface area contributed by atoms with E-state index >= 15 is 0 Å². The van der Waals surface area contributed by atoms with Crippen molar-refractivity contribution in [2.75, 3.05) is 46.3 Å². The highest BCUT2D eigenvalue weighted by molar-refractivity contribution is 7.10. The third kappa shape index (κ3) is 7.73. The Morgan fingerprint density at radius 3 is 2.19 bits per heavy atom. The highest BCUT2D eigenvalue weighted by atomic mass is 32.1. The van der Waals surface area contributed by atoms with Gasteiger partial charge in [-0.15, -0.1) is 11.3 Å². The van der Waals surface area contributed by atoms with Crippen LogP contribution in [-0.4, -0.2) is 62.8 Å². The molecule has 1 N–H and O–H groups in total. The summed E-state index contributed by atoms with van der Waals surface area (Å²) in [5, 5.41) is 4.88. The number of anilines is 1. The summed E-state index contributed by atoms with van der Waals surface area (Å²) >= 11 is 1.62. The maximum atomic E-state index is 13.5. The Morgan fingerprint density at radius 2 is 1.61 bits per heavy atom. The number of nitrogens with one attached hydrogen (secondary N) is 1. The number of aryl methyl sites for hydroxylation is 1. The van der Waals surface area contributed by atoms with E-state index in [0.29, 0.717) is 36.9 Å². The van der Waals surface area contributed by atoms with Gasteiger partial charge in [0.15, 0.2) is 0 Å². The molecular weight excluding hydrogens is 478 g/mol. The summed E-state index contributed by atoms with van der Waals surface area (Å²) in [7, 11) is 4.65. The Labute approximate surface area is 216 Å². The summed E-state index contributed by atoms with van der Waals surface area (Å²) in [6.07, 6.45) is 0. The number of benzene rings is 2. The first kappa shape index (κ1) is 27.0. The number of hydrogen-bond acceptors (Lipinski definition) is 6. The van der Waals surface area contributed by atoms with E-state index in [4.69, 9.17) is 14.2 Å². The van der Waals surface area contributed by atoms with Crippen LogP contribution in [0.4, 0.5) is 10.5 Å². The minimum atomic E-state index is -0.414. The van der Waals surface area contributed by atoms with Crippen molar-refractivity contribution < 1.29 is 23.8 Å². The van der Waals surface area contributed by atoms with Crippen LogP contribution in [0, 0.1) is 6.92 Å². The Morgan fingerprint density at radius 1 is 0.917 bits per heavy atom. The fraction of sp³-hybridized carbons (Fsp3) is 0.333. The van der Waals surface area contributed by atoms with E-state index in [-0.39, 0.29) is 19.0 Å². The van der Waals surface area contributed by atoms with Gasteiger partial charge < -0.3 is 29.3 Å². The molecule has 0 spiro atoms. The molecule has 0 atom stereocenters. The van der Waals surface area contributed by atoms with Crippen LogP contribution in [0.3, 0.4) is 0 Å². The Hall–Kier alpha value is -3.56. The molecule has 0 aliphatic rings. The lowest BCUT2D eigenvalue weighted by atomic mass is 10.2. The maximum Gasteiger partial charge on any atom is 0.322 e. The van der Waals surface area contributed by atoms with Crippen LogP contribution in [0.2, 0.25) is 0 Å². The molecule has 0 bridgehead atoms. The van der Waals surface area contributed by atoms with E-state index in [2.05, 4.69) is 5.32 Å². The van der Waals surface area contributed by atoms with Crippen molar-refractivity contribution in [3.05, 3.63) is 76.0 Å². The number of hydrogen-bond donors (Lipinski definition) is 1. The third-order valence-electron chi connectivity index (χ3n) is 5.65. The van der Waals surface area contributed by atoms with Crippen molar-refractivity contribution in [3.63, 3.8) is 0 Å². The molecule has 0 aliphatic heterocycles. The maximum absolute atomic E-state index is 13.5. The second-order valence-electron chi connectivity index (χ2n) is 8.21. The Kier molecular flexibility index (Phi) is 10.1. The molecule has 9 heteroatoms. The van der Waals surface area contributed by atoms with Crippen molar-refractivity contribution in [2.45, 2.75) is 20.0 Å². The first-order chi connectivity index (χ1) is 17.4. The molecule has 36 heavy (non-hydrogen) atoms. The van der Waals surface area contributed by atoms with Crippen molar-refractivity contribution in [1.29, 1.82) is 0 Å². The van der Waals surface area contributed by atoms with Gasteiger partial charge in [0, 0.05) is 49.0 Å². The van der Waals surface area contributed by atoms with E-state index in [1.54, 1.807) is 55.8 Å². The van der Waals surface area contributed by atoms with Crippen LogP contribution in [0.5, 0.6) is 11.5 Å². The first-order valence-electron chi connectivity index (χ1n) is 11.6. The average molecular weight is 512 g/mol. The Balaban J connectivity index is 1.78. The zero-order chi connectivity index (χ0) is 25.9. The molecule has 1 heterocycles. The molecule has 1 aromatic heterocycles. The summed E-state index contributed by atoms with van der Waals surface area (Å²) in [6, 6.07) is 16.6. The van der Waals surface area contributed by atoms with Gasteiger partial charge in [-0.3, -0.25) is 4.79 Å². The molecule has 0 saturated heterocycles. The summed E-state index contributed by atoms with van der Waals surface area (Å²) in [6.45, 7) is 3.43. The molecule has 3 aromatic rings. The molecule has 3 rings (SSSR count). The highest BCUT2D eigenvalue weighted by Gasteiger charge is 2.23. The van der Waals surface area contributed by atoms with Crippen molar-refractivity contribution in [1.82, 2.24) is 9.80 Å². The molecule has 0 fully saturated rings. The van der Waals surface area contributed by atoms with Gasteiger partial charge in [-0.05, 0) is 29.5 Å². The van der Waals surface area contributed by atoms with E-state index in [9.17, 15) is 9.59 Å². The van der Waals surface area contributed by atoms with Crippen LogP contribution >= 0.6 is 11.3 Å². The van der Waals surface area contributed by atoms with Crippen molar-refractivity contribution >= 4 is 29.0 Å². The number of nitrogens with zero attached hydrogens (tertiary/aromatic N) is 2. The molecule has 192 valence electrons. The standard InChI is InChI=1S/C27H33N3O5S/c1-20-10-13-36-25(20)18-30(17-21-8-6-5-7-9-21)26(31)19-29(11-12-33-2)27(32)28-22-14-23(34-3)16-24(15-22)35-4/h5-10,13-16H,11-12,17-19H2,1-4H3,(H,28,32). The van der Waals surface area contributed by atoms with Gasteiger partial charge in [0.2, 0.25) is 5.91 Å². The monoisotopic (exact) mass is 511 g/mol. The van der Waals surface area contributed by atoms with Crippen LogP contribution < -0.4 is 14.8 Å². The zero-order valence-corrected chi connectivity index (χ0v) is 22.0. The highest BCUT2D eigenvalue weighted by Crippen LogP contribution is 2.26. The van der Waals surface area contributed by atoms with E-state index in [1.807, 2.05) is 48.7 Å². The van der Waals surface area contributed by atoms with Crippen LogP contribution in [0.25, 0.3) is 0 Å². The zero-order valence-electron chi connectivity index (χ0n) is 21.2. The van der Waals surface area contributed by atoms with E-state index in [0.717, 1.165) is 16.0 Å². The Bertz CT molecular complexity index is 1110. The minimum Gasteiger partial charge on any atom is -0.497 e. The topological polar surface area (TPSA) is 80.3 Å². The number of carbonyl (C=O) groups excluding carboxylic acids is 2. The predicted molar refractivity (Wildman–Crippen MR) is 142 cm³/mol. The number of urea groups is 1. The lowest BCUT2D eigenvalue weighted by Gasteiger charge is -2.28. The predicted octanol–water partition coefficient (Wildman–Crippen LogP) is 4.78. The summed E-state index contributed by atoms with van der Waals surface area (Å²) in [4.78, 5) is 31.1. The number of rotatable bonds is 12. The number of amides is 3. The van der Waals surface area contributed by atoms with E-state index < -0.39 is 6.03 Å². The van der Waals surface area contributed by atoms with Crippen molar-refractivity contribution in [2.24, 2.45) is 0 Å². The summed E-state index contributed by atoms with van der Waals surface area (Å²) in [5.74, 6) is 0.940. The number of ether oxygens (including phenoxy) is 3. The van der Waals surface area contributed by atoms with Crippen LogP contribution in [-0.2, 0) is 22.6 Å². The molecular formula is C27H33N3O5S. The summed E-state index contributed by atoms with van der Waals surface area (Å²) in [5.41, 5.74) is 2.67. The lowest BCUT2D eigenvalue weighted by Crippen LogP contribution is -2.45. The molecule has 0 saturated carbocycles. The smallest absolute Gasteiger partial charge is 0.322 e. The average Bonchev–Trinajstić information content (AvgIpc) is 3.30. The molecule has 8 nitrogen and oxygen atoms in total. The van der Waals surface area contributed by atoms with Gasteiger partial charge in [-0.2, -0.15) is 0 Å². The number of thiophene rings is 1. The quantitative estimate of drug-likeness (QED) is 0.378. The van der Waals surface area contributed by atoms with Gasteiger partial charge in [-0.1, -0.05) is 30.3 Å². The van der Waals surface area contributed by atoms with Gasteiger partial charge >= 0.3 is 6.03 Å². The SMILES string of the molecule is COCCN(CC(=O)N(Cc1ccccc1)Cc1sccc1C)C(=O)Nc1cc(OC)cc(OC)c1. The van der Waals surface area contributed by atoms with Crippen molar-refractivity contribution in [3.8, 4) is 11.5 Å². The number of carbonyl (C=O) groups is 2. The fourth-order valence-corrected chi connectivity index (χ4v) is 4.50. The largest absolute Gasteiger partial charge is 0.497 e. The van der Waals surface area contributed by atoms with Gasteiger partial charge in [-0.25, -0.2) is 4.79 Å². The molecule has 3 amide bonds. The van der Waals surface area contributed by atoms with Crippen LogP contribution in [0.1, 0.15) is 16.0 Å². The second kappa shape index (κ2) is 13.5. The molecule has 0 radical (unpaired) electrons. The lowest BCUT2D eigenvalue weighted by molar-refractivity contribution is -0.133. The molecule has 2 aromatic carbocycles. The first-order valence-corrected chi connectivity index (χ1v) is 12.4. The normalized spacial score (nSPS) is 10.6. The fourth-order valence-electron chi connectivity index (χ4n) is 3.57. The molecule has 0 aliphatic carbocycles. The number of methoxy groups -OCH3 is 3. The van der Waals surface area contributed by atoms with E-state index in [1.165, 1.54) is 4.90 Å².